The predicted molar refractivity (Wildman–Crippen MR) is 53.6 cm³/mol. The minimum atomic E-state index is -0.105. The molecule has 0 saturated carbocycles. The summed E-state index contributed by atoms with van der Waals surface area (Å²) in [5.41, 5.74) is 7.15. The summed E-state index contributed by atoms with van der Waals surface area (Å²) >= 11 is 1.65. The fourth-order valence-corrected chi connectivity index (χ4v) is 1.97. The summed E-state index contributed by atoms with van der Waals surface area (Å²) in [7, 11) is 1.95. The first-order valence-corrected chi connectivity index (χ1v) is 4.98. The van der Waals surface area contributed by atoms with Crippen molar-refractivity contribution in [3.63, 3.8) is 0 Å². The molecule has 4 heteroatoms. The van der Waals surface area contributed by atoms with Gasteiger partial charge in [-0.1, -0.05) is 0 Å². The van der Waals surface area contributed by atoms with Gasteiger partial charge in [0.05, 0.1) is 6.04 Å². The van der Waals surface area contributed by atoms with Crippen molar-refractivity contribution in [2.24, 2.45) is 12.8 Å². The van der Waals surface area contributed by atoms with Gasteiger partial charge in [0, 0.05) is 19.4 Å². The number of aryl methyl sites for hydroxylation is 1. The van der Waals surface area contributed by atoms with E-state index in [1.807, 2.05) is 29.3 Å². The Morgan fingerprint density at radius 2 is 2.46 bits per heavy atom. The molecule has 3 nitrogen and oxygen atoms in total. The van der Waals surface area contributed by atoms with Crippen LogP contribution in [0.2, 0.25) is 0 Å². The lowest BCUT2D eigenvalue weighted by Crippen LogP contribution is -2.15. The van der Waals surface area contributed by atoms with Gasteiger partial charge in [-0.15, -0.1) is 0 Å². The topological polar surface area (TPSA) is 43.8 Å². The van der Waals surface area contributed by atoms with Crippen LogP contribution in [0.25, 0.3) is 0 Å². The lowest BCUT2D eigenvalue weighted by molar-refractivity contribution is 0.719. The minimum absolute atomic E-state index is 0.105. The molecular formula is C9H11N3S. The van der Waals surface area contributed by atoms with Crippen LogP contribution in [0.3, 0.4) is 0 Å². The Bertz CT molecular complexity index is 377. The molecule has 0 bridgehead atoms. The second kappa shape index (κ2) is 3.32. The molecule has 0 aliphatic carbocycles. The number of thiophene rings is 1. The van der Waals surface area contributed by atoms with Crippen molar-refractivity contribution in [2.45, 2.75) is 6.04 Å². The number of rotatable bonds is 2. The molecule has 0 spiro atoms. The van der Waals surface area contributed by atoms with Crippen molar-refractivity contribution in [1.29, 1.82) is 0 Å². The van der Waals surface area contributed by atoms with Crippen LogP contribution >= 0.6 is 11.3 Å². The Kier molecular flexibility index (Phi) is 2.16. The SMILES string of the molecule is Cn1ccnc1C(N)c1ccsc1. The van der Waals surface area contributed by atoms with Crippen LogP contribution < -0.4 is 5.73 Å². The monoisotopic (exact) mass is 193 g/mol. The van der Waals surface area contributed by atoms with E-state index in [1.54, 1.807) is 17.5 Å². The standard InChI is InChI=1S/C9H11N3S/c1-12-4-3-11-9(12)8(10)7-2-5-13-6-7/h2-6,8H,10H2,1H3. The zero-order valence-corrected chi connectivity index (χ0v) is 8.16. The molecule has 1 atom stereocenters. The third-order valence-corrected chi connectivity index (χ3v) is 2.74. The molecule has 2 aromatic heterocycles. The van der Waals surface area contributed by atoms with E-state index in [9.17, 15) is 0 Å². The lowest BCUT2D eigenvalue weighted by Gasteiger charge is -2.09. The van der Waals surface area contributed by atoms with E-state index in [1.165, 1.54) is 0 Å². The van der Waals surface area contributed by atoms with E-state index < -0.39 is 0 Å². The zero-order valence-electron chi connectivity index (χ0n) is 7.34. The van der Waals surface area contributed by atoms with Crippen LogP contribution in [-0.2, 0) is 7.05 Å². The van der Waals surface area contributed by atoms with Crippen molar-refractivity contribution >= 4 is 11.3 Å². The fraction of sp³-hybridized carbons (Fsp3) is 0.222. The molecule has 2 heterocycles. The van der Waals surface area contributed by atoms with Crippen molar-refractivity contribution in [3.8, 4) is 0 Å². The Morgan fingerprint density at radius 3 is 3.00 bits per heavy atom. The first-order valence-electron chi connectivity index (χ1n) is 4.04. The molecule has 68 valence electrons. The van der Waals surface area contributed by atoms with Crippen LogP contribution in [0.1, 0.15) is 17.4 Å². The first-order chi connectivity index (χ1) is 6.29. The molecule has 2 N–H and O–H groups in total. The van der Waals surface area contributed by atoms with Crippen LogP contribution in [0.5, 0.6) is 0 Å². The number of aromatic nitrogens is 2. The molecule has 2 aromatic rings. The number of hydrogen-bond acceptors (Lipinski definition) is 3. The summed E-state index contributed by atoms with van der Waals surface area (Å²) in [4.78, 5) is 4.21. The normalized spacial score (nSPS) is 13.1. The highest BCUT2D eigenvalue weighted by Gasteiger charge is 2.12. The third-order valence-electron chi connectivity index (χ3n) is 2.04. The van der Waals surface area contributed by atoms with Gasteiger partial charge in [0.15, 0.2) is 0 Å². The molecule has 0 radical (unpaired) electrons. The Hall–Kier alpha value is -1.13. The average Bonchev–Trinajstić information content (AvgIpc) is 2.72. The average molecular weight is 193 g/mol. The van der Waals surface area contributed by atoms with Gasteiger partial charge in [0.2, 0.25) is 0 Å². The van der Waals surface area contributed by atoms with Crippen molar-refractivity contribution in [2.75, 3.05) is 0 Å². The Morgan fingerprint density at radius 1 is 1.62 bits per heavy atom. The summed E-state index contributed by atoms with van der Waals surface area (Å²) in [6.45, 7) is 0. The maximum Gasteiger partial charge on any atom is 0.130 e. The number of nitrogens with two attached hydrogens (primary N) is 1. The van der Waals surface area contributed by atoms with E-state index >= 15 is 0 Å². The number of nitrogens with zero attached hydrogens (tertiary/aromatic N) is 2. The van der Waals surface area contributed by atoms with E-state index in [0.29, 0.717) is 0 Å². The summed E-state index contributed by atoms with van der Waals surface area (Å²) < 4.78 is 1.95. The smallest absolute Gasteiger partial charge is 0.130 e. The quantitative estimate of drug-likeness (QED) is 0.786. The molecular weight excluding hydrogens is 182 g/mol. The maximum absolute atomic E-state index is 6.03. The summed E-state index contributed by atoms with van der Waals surface area (Å²) in [5.74, 6) is 0.901. The second-order valence-corrected chi connectivity index (χ2v) is 3.71. The largest absolute Gasteiger partial charge is 0.336 e. The number of imidazole rings is 1. The highest BCUT2D eigenvalue weighted by atomic mass is 32.1. The van der Waals surface area contributed by atoms with Gasteiger partial charge in [0.1, 0.15) is 5.82 Å². The van der Waals surface area contributed by atoms with Crippen molar-refractivity contribution < 1.29 is 0 Å². The van der Waals surface area contributed by atoms with Gasteiger partial charge in [0.25, 0.3) is 0 Å². The third kappa shape index (κ3) is 1.50. The van der Waals surface area contributed by atoms with Crippen molar-refractivity contribution in [1.82, 2.24) is 9.55 Å². The van der Waals surface area contributed by atoms with Crippen molar-refractivity contribution in [3.05, 3.63) is 40.6 Å². The van der Waals surface area contributed by atoms with E-state index in [-0.39, 0.29) is 6.04 Å². The van der Waals surface area contributed by atoms with Gasteiger partial charge in [-0.3, -0.25) is 0 Å². The Labute approximate surface area is 80.8 Å². The summed E-state index contributed by atoms with van der Waals surface area (Å²) in [5, 5.41) is 4.08. The maximum atomic E-state index is 6.03. The van der Waals surface area contributed by atoms with E-state index in [4.69, 9.17) is 5.73 Å². The van der Waals surface area contributed by atoms with Gasteiger partial charge < -0.3 is 10.3 Å². The molecule has 2 rings (SSSR count). The molecule has 0 fully saturated rings. The van der Waals surface area contributed by atoms with Gasteiger partial charge in [-0.05, 0) is 22.4 Å². The molecule has 0 saturated heterocycles. The molecule has 0 aliphatic rings. The molecule has 1 unspecified atom stereocenters. The fourth-order valence-electron chi connectivity index (χ4n) is 1.28. The minimum Gasteiger partial charge on any atom is -0.336 e. The van der Waals surface area contributed by atoms with Gasteiger partial charge in [-0.25, -0.2) is 4.98 Å². The molecule has 0 amide bonds. The molecule has 13 heavy (non-hydrogen) atoms. The van der Waals surface area contributed by atoms with Gasteiger partial charge in [-0.2, -0.15) is 11.3 Å². The lowest BCUT2D eigenvalue weighted by atomic mass is 10.1. The van der Waals surface area contributed by atoms with Crippen LogP contribution in [0, 0.1) is 0 Å². The van der Waals surface area contributed by atoms with E-state index in [2.05, 4.69) is 10.4 Å². The predicted octanol–water partition coefficient (Wildman–Crippen LogP) is 1.53. The zero-order chi connectivity index (χ0) is 9.26. The van der Waals surface area contributed by atoms with Crippen LogP contribution in [0.15, 0.2) is 29.2 Å². The highest BCUT2D eigenvalue weighted by molar-refractivity contribution is 7.07. The molecule has 0 aromatic carbocycles. The van der Waals surface area contributed by atoms with Crippen LogP contribution in [-0.4, -0.2) is 9.55 Å². The van der Waals surface area contributed by atoms with Crippen LogP contribution in [0.4, 0.5) is 0 Å². The second-order valence-electron chi connectivity index (χ2n) is 2.93. The first kappa shape index (κ1) is 8.47. The van der Waals surface area contributed by atoms with E-state index in [0.717, 1.165) is 11.4 Å². The molecule has 0 aliphatic heterocycles. The summed E-state index contributed by atoms with van der Waals surface area (Å²) in [6, 6.07) is 1.93. The summed E-state index contributed by atoms with van der Waals surface area (Å²) in [6.07, 6.45) is 3.67. The highest BCUT2D eigenvalue weighted by Crippen LogP contribution is 2.19. The number of hydrogen-bond donors (Lipinski definition) is 1. The van der Waals surface area contributed by atoms with Gasteiger partial charge >= 0.3 is 0 Å². The Balaban J connectivity index is 2.33.